The maximum atomic E-state index is 12.9. The van der Waals surface area contributed by atoms with E-state index in [9.17, 15) is 19.5 Å². The fourth-order valence-corrected chi connectivity index (χ4v) is 8.50. The molecule has 1 amide bonds. The summed E-state index contributed by atoms with van der Waals surface area (Å²) >= 11 is 6.24. The van der Waals surface area contributed by atoms with E-state index >= 15 is 0 Å². The van der Waals surface area contributed by atoms with Crippen LogP contribution in [-0.2, 0) is 39.1 Å². The molecule has 1 atom stereocenters. The van der Waals surface area contributed by atoms with Gasteiger partial charge in [0.05, 0.1) is 13.2 Å². The van der Waals surface area contributed by atoms with E-state index in [1.54, 1.807) is 12.1 Å². The highest BCUT2D eigenvalue weighted by atomic mass is 35.5. The lowest BCUT2D eigenvalue weighted by Crippen LogP contribution is -2.53. The van der Waals surface area contributed by atoms with E-state index in [-0.39, 0.29) is 17.7 Å². The molecule has 50 heavy (non-hydrogen) atoms. The zero-order valence-electron chi connectivity index (χ0n) is 28.3. The number of pyridine rings is 1. The number of benzene rings is 2. The van der Waals surface area contributed by atoms with Crippen LogP contribution in [0, 0.1) is 5.92 Å². The Balaban J connectivity index is 1.16. The second-order valence-corrected chi connectivity index (χ2v) is 14.4. The highest BCUT2D eigenvalue weighted by molar-refractivity contribution is 6.30. The lowest BCUT2D eigenvalue weighted by Gasteiger charge is -2.47. The molecule has 0 radical (unpaired) electrons. The van der Waals surface area contributed by atoms with E-state index in [0.717, 1.165) is 50.0 Å². The normalized spacial score (nSPS) is 22.3. The zero-order valence-corrected chi connectivity index (χ0v) is 29.1. The van der Waals surface area contributed by atoms with Gasteiger partial charge in [0.2, 0.25) is 5.91 Å². The number of carboxylic acids is 2. The van der Waals surface area contributed by atoms with Gasteiger partial charge in [0, 0.05) is 34.6 Å². The van der Waals surface area contributed by atoms with Crippen LogP contribution in [0.4, 0.5) is 5.69 Å². The van der Waals surface area contributed by atoms with Crippen molar-refractivity contribution in [2.24, 2.45) is 5.92 Å². The molecule has 4 N–H and O–H groups in total. The summed E-state index contributed by atoms with van der Waals surface area (Å²) in [5.74, 6) is -0.276. The molecule has 11 heteroatoms. The second-order valence-electron chi connectivity index (χ2n) is 14.0. The molecule has 0 bridgehead atoms. The quantitative estimate of drug-likeness (QED) is 0.126. The predicted molar refractivity (Wildman–Crippen MR) is 190 cm³/mol. The van der Waals surface area contributed by atoms with Gasteiger partial charge in [0.25, 0.3) is 0 Å². The molecule has 3 aliphatic carbocycles. The third-order valence-corrected chi connectivity index (χ3v) is 11.1. The van der Waals surface area contributed by atoms with E-state index in [1.807, 2.05) is 30.5 Å². The van der Waals surface area contributed by atoms with Crippen molar-refractivity contribution in [2.45, 2.75) is 94.4 Å². The van der Waals surface area contributed by atoms with Crippen molar-refractivity contribution in [2.75, 3.05) is 25.1 Å². The van der Waals surface area contributed by atoms with Gasteiger partial charge in [0.1, 0.15) is 23.6 Å². The number of rotatable bonds is 15. The molecule has 3 aliphatic rings. The third kappa shape index (κ3) is 8.01. The summed E-state index contributed by atoms with van der Waals surface area (Å²) in [4.78, 5) is 40.1. The Kier molecular flexibility index (Phi) is 11.2. The Morgan fingerprint density at radius 2 is 1.74 bits per heavy atom. The second kappa shape index (κ2) is 15.7. The molecule has 1 saturated carbocycles. The first-order valence-corrected chi connectivity index (χ1v) is 18.2. The molecule has 1 aromatic heterocycles. The number of halogens is 1. The van der Waals surface area contributed by atoms with Gasteiger partial charge in [-0.25, -0.2) is 4.79 Å². The van der Waals surface area contributed by atoms with Gasteiger partial charge in [0.15, 0.2) is 0 Å². The highest BCUT2D eigenvalue weighted by Crippen LogP contribution is 2.56. The number of carbonyl (C=O) groups is 3. The van der Waals surface area contributed by atoms with Crippen molar-refractivity contribution in [3.63, 3.8) is 0 Å². The number of aliphatic carboxylic acids is 2. The summed E-state index contributed by atoms with van der Waals surface area (Å²) in [5, 5.41) is 25.6. The van der Waals surface area contributed by atoms with Gasteiger partial charge < -0.3 is 30.3 Å². The molecular formula is C39H46ClN3O7. The summed E-state index contributed by atoms with van der Waals surface area (Å²) in [6, 6.07) is 15.4. The van der Waals surface area contributed by atoms with Crippen molar-refractivity contribution in [3.05, 3.63) is 82.1 Å². The first-order chi connectivity index (χ1) is 24.2. The van der Waals surface area contributed by atoms with Crippen LogP contribution in [0.1, 0.15) is 86.6 Å². The van der Waals surface area contributed by atoms with Crippen LogP contribution < -0.4 is 20.1 Å². The number of aryl methyl sites for hydroxylation is 1. The maximum Gasteiger partial charge on any atom is 0.329 e. The molecule has 0 aliphatic heterocycles. The Bertz CT molecular complexity index is 1700. The van der Waals surface area contributed by atoms with Crippen LogP contribution in [0.15, 0.2) is 54.7 Å². The van der Waals surface area contributed by atoms with Gasteiger partial charge in [-0.3, -0.25) is 14.6 Å². The number of ether oxygens (including phenoxy) is 2. The first kappa shape index (κ1) is 35.5. The van der Waals surface area contributed by atoms with Crippen LogP contribution in [-0.4, -0.2) is 58.3 Å². The first-order valence-electron chi connectivity index (χ1n) is 17.8. The fraction of sp³-hybridized carbons (Fsp3) is 0.487. The number of hydrogen-bond donors (Lipinski definition) is 4. The van der Waals surface area contributed by atoms with Crippen molar-refractivity contribution < 1.29 is 34.1 Å². The number of aromatic nitrogens is 1. The minimum absolute atomic E-state index is 0.172. The lowest BCUT2D eigenvalue weighted by atomic mass is 9.60. The Hall–Kier alpha value is -4.31. The molecule has 2 aromatic carbocycles. The number of carboxylic acid groups (broad SMARTS) is 2. The summed E-state index contributed by atoms with van der Waals surface area (Å²) in [6.45, 7) is 0.532. The van der Waals surface area contributed by atoms with Gasteiger partial charge in [-0.2, -0.15) is 0 Å². The average Bonchev–Trinajstić information content (AvgIpc) is 3.40. The number of anilines is 1. The number of amides is 1. The topological polar surface area (TPSA) is 147 Å². The fourth-order valence-electron chi connectivity index (χ4n) is 8.31. The van der Waals surface area contributed by atoms with Gasteiger partial charge in [-0.1, -0.05) is 23.7 Å². The van der Waals surface area contributed by atoms with Gasteiger partial charge in [-0.15, -0.1) is 0 Å². The largest absolute Gasteiger partial charge is 0.494 e. The number of fused-ring (bicyclic) bond motifs is 3. The van der Waals surface area contributed by atoms with E-state index < -0.39 is 24.0 Å². The Morgan fingerprint density at radius 3 is 2.52 bits per heavy atom. The predicted octanol–water partition coefficient (Wildman–Crippen LogP) is 6.75. The molecule has 1 fully saturated rings. The van der Waals surface area contributed by atoms with E-state index in [0.29, 0.717) is 67.7 Å². The van der Waals surface area contributed by atoms with Crippen LogP contribution >= 0.6 is 11.6 Å². The van der Waals surface area contributed by atoms with E-state index in [1.165, 1.54) is 23.1 Å². The standard InChI is InChI=1S/C39H46ClN3O7/c40-28-7-3-8-29(23-28)43-39(37(47)48)17-15-38(16-18-39)27(6-4-21-50-34-14-19-41-33-10-2-1-9-31(33)34)22-26-12-13-30(24-32(26)38)49-20-5-11-35(44)42-25-36(45)46/h3,7-8,12-14,19,23-24,27,43H,1-2,4-6,9-11,15-18,20-22,25H2,(H,42,44)(H,45,46)(H,47,48). The van der Waals surface area contributed by atoms with Crippen LogP contribution in [0.2, 0.25) is 5.02 Å². The number of carbonyl (C=O) groups excluding carboxylic acids is 1. The zero-order chi connectivity index (χ0) is 35.1. The molecule has 266 valence electrons. The maximum absolute atomic E-state index is 12.9. The van der Waals surface area contributed by atoms with Crippen molar-refractivity contribution in [3.8, 4) is 11.5 Å². The average molecular weight is 704 g/mol. The summed E-state index contributed by atoms with van der Waals surface area (Å²) < 4.78 is 12.5. The molecule has 6 rings (SSSR count). The van der Waals surface area contributed by atoms with Crippen molar-refractivity contribution >= 4 is 35.1 Å². The smallest absolute Gasteiger partial charge is 0.329 e. The molecule has 1 heterocycles. The minimum Gasteiger partial charge on any atom is -0.494 e. The molecule has 1 spiro atoms. The molecule has 1 unspecified atom stereocenters. The monoisotopic (exact) mass is 703 g/mol. The van der Waals surface area contributed by atoms with E-state index in [4.69, 9.17) is 26.2 Å². The highest BCUT2D eigenvalue weighted by Gasteiger charge is 2.54. The number of nitrogens with zero attached hydrogens (tertiary/aromatic N) is 1. The van der Waals surface area contributed by atoms with Crippen molar-refractivity contribution in [1.29, 1.82) is 0 Å². The van der Waals surface area contributed by atoms with Crippen molar-refractivity contribution in [1.82, 2.24) is 10.3 Å². The minimum atomic E-state index is -1.11. The Morgan fingerprint density at radius 1 is 0.940 bits per heavy atom. The van der Waals surface area contributed by atoms with Crippen LogP contribution in [0.25, 0.3) is 0 Å². The molecule has 3 aromatic rings. The molecule has 0 saturated heterocycles. The lowest BCUT2D eigenvalue weighted by molar-refractivity contribution is -0.144. The summed E-state index contributed by atoms with van der Waals surface area (Å²) in [5.41, 5.74) is 4.28. The van der Waals surface area contributed by atoms with Gasteiger partial charge in [-0.05, 0) is 136 Å². The summed E-state index contributed by atoms with van der Waals surface area (Å²) in [6.07, 6.45) is 11.9. The number of nitrogens with one attached hydrogen (secondary N) is 2. The van der Waals surface area contributed by atoms with Crippen LogP contribution in [0.5, 0.6) is 11.5 Å². The van der Waals surface area contributed by atoms with E-state index in [2.05, 4.69) is 27.8 Å². The Labute approximate surface area is 297 Å². The van der Waals surface area contributed by atoms with Gasteiger partial charge >= 0.3 is 11.9 Å². The molecule has 10 nitrogen and oxygen atoms in total. The summed E-state index contributed by atoms with van der Waals surface area (Å²) in [7, 11) is 0. The number of hydrogen-bond acceptors (Lipinski definition) is 7. The third-order valence-electron chi connectivity index (χ3n) is 10.9. The SMILES string of the molecule is O=C(O)CNC(=O)CCCOc1ccc2c(c1)C1(CCC(Nc3cccc(Cl)c3)(C(=O)O)CC1)C(CCCOc1ccnc3c1CCCC3)C2. The molecular weight excluding hydrogens is 658 g/mol. The van der Waals surface area contributed by atoms with Crippen LogP contribution in [0.3, 0.4) is 0 Å².